The van der Waals surface area contributed by atoms with Gasteiger partial charge in [-0.25, -0.2) is 0 Å². The molecule has 81 heavy (non-hydrogen) atoms. The van der Waals surface area contributed by atoms with Crippen molar-refractivity contribution in [2.24, 2.45) is 0 Å². The Balaban J connectivity index is 3.99. The average molecular weight is 1160 g/mol. The van der Waals surface area contributed by atoms with Gasteiger partial charge >= 0.3 is 0 Å². The summed E-state index contributed by atoms with van der Waals surface area (Å²) in [7, 11) is 1.26. The highest BCUT2D eigenvalue weighted by molar-refractivity contribution is 7.45. The van der Waals surface area contributed by atoms with Crippen LogP contribution in [0.5, 0.6) is 0 Å². The molecule has 0 aromatic heterocycles. The van der Waals surface area contributed by atoms with E-state index < -0.39 is 20.0 Å². The number of aliphatic hydroxyl groups excluding tert-OH is 1. The lowest BCUT2D eigenvalue weighted by Gasteiger charge is -2.29. The van der Waals surface area contributed by atoms with Crippen molar-refractivity contribution in [3.05, 3.63) is 24.3 Å². The zero-order chi connectivity index (χ0) is 59.1. The zero-order valence-corrected chi connectivity index (χ0v) is 56.2. The second kappa shape index (κ2) is 63.5. The van der Waals surface area contributed by atoms with Crippen molar-refractivity contribution in [2.75, 3.05) is 40.9 Å². The number of nitrogens with zero attached hydrogens (tertiary/aromatic N) is 1. The van der Waals surface area contributed by atoms with Crippen LogP contribution in [-0.4, -0.2) is 68.5 Å². The predicted octanol–water partition coefficient (Wildman–Crippen LogP) is 22.4. The molecule has 0 spiro atoms. The Bertz CT molecular complexity index is 1370. The number of quaternary nitrogens is 1. The number of nitrogens with one attached hydrogen (secondary N) is 1. The molecule has 0 aliphatic heterocycles. The van der Waals surface area contributed by atoms with Crippen LogP contribution in [0, 0.1) is 0 Å². The molecular formula is C72H143N2O6P. The lowest BCUT2D eigenvalue weighted by Crippen LogP contribution is -2.45. The second-order valence-corrected chi connectivity index (χ2v) is 27.7. The monoisotopic (exact) mass is 1160 g/mol. The SMILES string of the molecule is CCCCCCCCCCCCCCCCCCCC/C=C/CC/C=C/C(O)C(COP(=O)([O-])OCC[N+](C)(C)C)NC(=O)CCCCCCCCCCCCCCCCCCCCCCCCCCCCCCCCCCCCC. The van der Waals surface area contributed by atoms with Crippen LogP contribution in [0.2, 0.25) is 0 Å². The van der Waals surface area contributed by atoms with Crippen molar-refractivity contribution in [1.82, 2.24) is 5.32 Å². The minimum absolute atomic E-state index is 0.00341. The van der Waals surface area contributed by atoms with Crippen LogP contribution in [0.4, 0.5) is 0 Å². The van der Waals surface area contributed by atoms with Gasteiger partial charge in [-0.3, -0.25) is 9.36 Å². The summed E-state index contributed by atoms with van der Waals surface area (Å²) in [5.41, 5.74) is 0. The van der Waals surface area contributed by atoms with Gasteiger partial charge in [0.2, 0.25) is 5.91 Å². The number of amides is 1. The number of phosphoric ester groups is 1. The zero-order valence-electron chi connectivity index (χ0n) is 55.3. The highest BCUT2D eigenvalue weighted by Gasteiger charge is 2.23. The molecule has 0 fully saturated rings. The third-order valence-corrected chi connectivity index (χ3v) is 17.9. The first-order chi connectivity index (χ1) is 39.5. The number of carbonyl (C=O) groups excluding carboxylic acids is 1. The standard InChI is InChI=1S/C72H143N2O6P/c1-6-8-10-12-14-16-18-20-22-24-26-28-30-32-33-34-35-36-37-38-39-40-41-42-44-46-48-50-52-54-56-58-60-62-64-66-72(76)73-70(69-80-81(77,78)79-68-67-74(3,4)5)71(75)65-63-61-59-57-55-53-51-49-47-45-43-31-29-27-25-23-21-19-17-15-13-11-9-7-2/h55,57,63,65,70-71,75H,6-54,56,58-62,64,66-69H2,1-5H3,(H-,73,76,77,78)/b57-55+,65-63+. The first kappa shape index (κ1) is 80.0. The number of hydrogen-bond acceptors (Lipinski definition) is 6. The number of hydrogen-bond donors (Lipinski definition) is 2. The van der Waals surface area contributed by atoms with Crippen LogP contribution in [0.25, 0.3) is 0 Å². The van der Waals surface area contributed by atoms with Crippen molar-refractivity contribution >= 4 is 13.7 Å². The third-order valence-electron chi connectivity index (χ3n) is 16.9. The van der Waals surface area contributed by atoms with Crippen molar-refractivity contribution in [3.63, 3.8) is 0 Å². The Morgan fingerprint density at radius 2 is 0.691 bits per heavy atom. The van der Waals surface area contributed by atoms with Gasteiger partial charge in [0, 0.05) is 6.42 Å². The van der Waals surface area contributed by atoms with Crippen LogP contribution in [0.1, 0.15) is 380 Å². The molecule has 0 saturated heterocycles. The molecule has 482 valence electrons. The molecule has 0 aliphatic rings. The number of unbranched alkanes of at least 4 members (excludes halogenated alkanes) is 53. The second-order valence-electron chi connectivity index (χ2n) is 26.3. The van der Waals surface area contributed by atoms with Gasteiger partial charge in [0.1, 0.15) is 13.2 Å². The fourth-order valence-corrected chi connectivity index (χ4v) is 12.0. The Labute approximate surface area is 506 Å². The highest BCUT2D eigenvalue weighted by atomic mass is 31.2. The van der Waals surface area contributed by atoms with Gasteiger partial charge in [-0.05, 0) is 32.1 Å². The first-order valence-electron chi connectivity index (χ1n) is 36.2. The smallest absolute Gasteiger partial charge is 0.268 e. The van der Waals surface area contributed by atoms with Gasteiger partial charge < -0.3 is 28.8 Å². The van der Waals surface area contributed by atoms with Gasteiger partial charge in [0.15, 0.2) is 0 Å². The summed E-state index contributed by atoms with van der Waals surface area (Å²) in [6.07, 6.45) is 83.3. The van der Waals surface area contributed by atoms with E-state index in [2.05, 4.69) is 31.3 Å². The van der Waals surface area contributed by atoms with E-state index >= 15 is 0 Å². The molecule has 0 aromatic rings. The maximum Gasteiger partial charge on any atom is 0.268 e. The lowest BCUT2D eigenvalue weighted by molar-refractivity contribution is -0.870. The molecule has 2 N–H and O–H groups in total. The summed E-state index contributed by atoms with van der Waals surface area (Å²) in [5, 5.41) is 13.9. The molecular weight excluding hydrogens is 1020 g/mol. The molecule has 3 atom stereocenters. The van der Waals surface area contributed by atoms with Crippen LogP contribution in [0.15, 0.2) is 24.3 Å². The number of aliphatic hydroxyl groups is 1. The predicted molar refractivity (Wildman–Crippen MR) is 353 cm³/mol. The molecule has 8 nitrogen and oxygen atoms in total. The molecule has 9 heteroatoms. The van der Waals surface area contributed by atoms with E-state index in [9.17, 15) is 19.4 Å². The van der Waals surface area contributed by atoms with Gasteiger partial charge in [0.05, 0.1) is 39.9 Å². The summed E-state index contributed by atoms with van der Waals surface area (Å²) in [4.78, 5) is 25.6. The Morgan fingerprint density at radius 3 is 1.00 bits per heavy atom. The van der Waals surface area contributed by atoms with E-state index in [0.29, 0.717) is 17.4 Å². The van der Waals surface area contributed by atoms with E-state index in [1.165, 1.54) is 321 Å². The Hall–Kier alpha value is -1.02. The van der Waals surface area contributed by atoms with Crippen molar-refractivity contribution in [1.29, 1.82) is 0 Å². The fraction of sp³-hybridized carbons (Fsp3) is 0.931. The van der Waals surface area contributed by atoms with Gasteiger partial charge in [0.25, 0.3) is 7.82 Å². The summed E-state index contributed by atoms with van der Waals surface area (Å²) >= 11 is 0. The molecule has 3 unspecified atom stereocenters. The highest BCUT2D eigenvalue weighted by Crippen LogP contribution is 2.38. The van der Waals surface area contributed by atoms with Crippen molar-refractivity contribution < 1.29 is 32.9 Å². The lowest BCUT2D eigenvalue weighted by atomic mass is 10.0. The van der Waals surface area contributed by atoms with Crippen LogP contribution in [-0.2, 0) is 18.4 Å². The van der Waals surface area contributed by atoms with Gasteiger partial charge in [-0.15, -0.1) is 0 Å². The summed E-state index contributed by atoms with van der Waals surface area (Å²) < 4.78 is 23.4. The number of likely N-dealkylation sites (N-methyl/N-ethyl adjacent to an activating group) is 1. The van der Waals surface area contributed by atoms with Crippen LogP contribution >= 0.6 is 7.82 Å². The normalized spacial score (nSPS) is 13.7. The van der Waals surface area contributed by atoms with Gasteiger partial charge in [-0.1, -0.05) is 366 Å². The van der Waals surface area contributed by atoms with Crippen LogP contribution < -0.4 is 10.2 Å². The minimum Gasteiger partial charge on any atom is -0.756 e. The van der Waals surface area contributed by atoms with E-state index in [1.807, 2.05) is 27.2 Å². The Kier molecular flexibility index (Phi) is 62.7. The molecule has 1 amide bonds. The summed E-state index contributed by atoms with van der Waals surface area (Å²) in [6, 6.07) is -0.902. The number of allylic oxidation sites excluding steroid dienone is 3. The minimum atomic E-state index is -4.61. The molecule has 0 aromatic carbocycles. The van der Waals surface area contributed by atoms with E-state index in [0.717, 1.165) is 38.5 Å². The molecule has 0 saturated carbocycles. The topological polar surface area (TPSA) is 108 Å². The van der Waals surface area contributed by atoms with Crippen LogP contribution in [0.3, 0.4) is 0 Å². The molecule has 0 bridgehead atoms. The first-order valence-corrected chi connectivity index (χ1v) is 37.7. The van der Waals surface area contributed by atoms with Gasteiger partial charge in [-0.2, -0.15) is 0 Å². The van der Waals surface area contributed by atoms with Crippen molar-refractivity contribution in [2.45, 2.75) is 392 Å². The third kappa shape index (κ3) is 66.4. The fourth-order valence-electron chi connectivity index (χ4n) is 11.3. The maximum atomic E-state index is 13.0. The number of carbonyl (C=O) groups is 1. The number of rotatable bonds is 68. The number of phosphoric acid groups is 1. The molecule has 0 rings (SSSR count). The summed E-state index contributed by atoms with van der Waals surface area (Å²) in [6.45, 7) is 4.70. The molecule has 0 radical (unpaired) electrons. The largest absolute Gasteiger partial charge is 0.756 e. The molecule has 0 heterocycles. The quantitative estimate of drug-likeness (QED) is 0.0272. The van der Waals surface area contributed by atoms with E-state index in [-0.39, 0.29) is 19.1 Å². The van der Waals surface area contributed by atoms with Crippen molar-refractivity contribution in [3.8, 4) is 0 Å². The Morgan fingerprint density at radius 1 is 0.420 bits per heavy atom. The summed E-state index contributed by atoms with van der Waals surface area (Å²) in [5.74, 6) is -0.198. The average Bonchev–Trinajstić information content (AvgIpc) is 3.43. The maximum absolute atomic E-state index is 13.0. The molecule has 0 aliphatic carbocycles. The van der Waals surface area contributed by atoms with E-state index in [4.69, 9.17) is 9.05 Å². The van der Waals surface area contributed by atoms with E-state index in [1.54, 1.807) is 6.08 Å².